The summed E-state index contributed by atoms with van der Waals surface area (Å²) >= 11 is 0. The fourth-order valence-electron chi connectivity index (χ4n) is 4.28. The number of nitrogens with one attached hydrogen (secondary N) is 1. The van der Waals surface area contributed by atoms with E-state index in [4.69, 9.17) is 23.4 Å². The summed E-state index contributed by atoms with van der Waals surface area (Å²) in [5.41, 5.74) is 3.03. The summed E-state index contributed by atoms with van der Waals surface area (Å²) in [6, 6.07) is 19.1. The Morgan fingerprint density at radius 1 is 0.895 bits per heavy atom. The Bertz CT molecular complexity index is 1390. The molecule has 9 heteroatoms. The van der Waals surface area contributed by atoms with Crippen LogP contribution < -0.4 is 24.3 Å². The topological polar surface area (TPSA) is 95.3 Å². The number of hydrogen-bond acceptors (Lipinski definition) is 8. The van der Waals surface area contributed by atoms with Gasteiger partial charge in [0.05, 0.1) is 20.8 Å². The lowest BCUT2D eigenvalue weighted by atomic mass is 10.1. The van der Waals surface area contributed by atoms with Crippen LogP contribution in [0.3, 0.4) is 0 Å². The van der Waals surface area contributed by atoms with E-state index in [1.807, 2.05) is 54.6 Å². The first kappa shape index (κ1) is 25.2. The Kier molecular flexibility index (Phi) is 7.75. The summed E-state index contributed by atoms with van der Waals surface area (Å²) < 4.78 is 27.8. The fraction of sp³-hybridized carbons (Fsp3) is 0.241. The molecule has 1 amide bonds. The third-order valence-corrected chi connectivity index (χ3v) is 6.14. The number of carbonyl (C=O) groups excluding carboxylic acids is 1. The monoisotopic (exact) mass is 515 g/mol. The highest BCUT2D eigenvalue weighted by Crippen LogP contribution is 2.33. The smallest absolute Gasteiger partial charge is 0.287 e. The molecular weight excluding hydrogens is 486 g/mol. The minimum absolute atomic E-state index is 0.228. The zero-order valence-corrected chi connectivity index (χ0v) is 21.3. The van der Waals surface area contributed by atoms with E-state index in [1.165, 1.54) is 0 Å². The maximum Gasteiger partial charge on any atom is 0.287 e. The van der Waals surface area contributed by atoms with Crippen LogP contribution in [0.2, 0.25) is 0 Å². The largest absolute Gasteiger partial charge is 0.493 e. The van der Waals surface area contributed by atoms with Crippen LogP contribution >= 0.6 is 0 Å². The van der Waals surface area contributed by atoms with Gasteiger partial charge < -0.3 is 28.7 Å². The molecule has 1 aliphatic heterocycles. The Balaban J connectivity index is 1.31. The van der Waals surface area contributed by atoms with Gasteiger partial charge >= 0.3 is 0 Å². The first-order valence-electron chi connectivity index (χ1n) is 12.2. The molecule has 3 heterocycles. The molecule has 4 aromatic rings. The molecular formula is C29H29N3O6. The number of benzene rings is 2. The predicted octanol–water partition coefficient (Wildman–Crippen LogP) is 4.55. The fourth-order valence-corrected chi connectivity index (χ4v) is 4.28. The standard InChI is InChI=1S/C29H29N3O6/c1-34-24-8-5-20(12-27(24)35-2)16-32(17-21-6-9-25-28(13-21)37-19-36-25)18-23-7-10-26(38-23)29(33)31-15-22-4-3-11-30-14-22/h3-14H,15-19H2,1-2H3,(H,31,33). The number of amides is 1. The molecule has 2 aromatic carbocycles. The van der Waals surface area contributed by atoms with E-state index in [2.05, 4.69) is 15.2 Å². The van der Waals surface area contributed by atoms with E-state index in [-0.39, 0.29) is 18.5 Å². The minimum atomic E-state index is -0.276. The lowest BCUT2D eigenvalue weighted by Gasteiger charge is -2.22. The van der Waals surface area contributed by atoms with Crippen LogP contribution in [-0.4, -0.2) is 36.8 Å². The molecule has 9 nitrogen and oxygen atoms in total. The number of nitrogens with zero attached hydrogens (tertiary/aromatic N) is 2. The van der Waals surface area contributed by atoms with Crippen molar-refractivity contribution < 1.29 is 28.2 Å². The van der Waals surface area contributed by atoms with Crippen molar-refractivity contribution in [3.63, 3.8) is 0 Å². The van der Waals surface area contributed by atoms with Gasteiger partial charge in [0.1, 0.15) is 5.76 Å². The highest BCUT2D eigenvalue weighted by Gasteiger charge is 2.18. The van der Waals surface area contributed by atoms with Crippen LogP contribution in [0, 0.1) is 0 Å². The molecule has 5 rings (SSSR count). The SMILES string of the molecule is COc1ccc(CN(Cc2ccc3c(c2)OCO3)Cc2ccc(C(=O)NCc3cccnc3)o2)cc1OC. The van der Waals surface area contributed by atoms with Gasteiger partial charge in [-0.1, -0.05) is 18.2 Å². The molecule has 38 heavy (non-hydrogen) atoms. The molecule has 0 unspecified atom stereocenters. The normalized spacial score (nSPS) is 12.0. The highest BCUT2D eigenvalue weighted by molar-refractivity contribution is 5.91. The van der Waals surface area contributed by atoms with Crippen molar-refractivity contribution in [2.75, 3.05) is 21.0 Å². The maximum absolute atomic E-state index is 12.6. The molecule has 0 saturated carbocycles. The minimum Gasteiger partial charge on any atom is -0.493 e. The van der Waals surface area contributed by atoms with E-state index in [0.717, 1.165) is 28.2 Å². The number of aromatic nitrogens is 1. The van der Waals surface area contributed by atoms with Gasteiger partial charge in [0.2, 0.25) is 6.79 Å². The third kappa shape index (κ3) is 6.07. The van der Waals surface area contributed by atoms with E-state index >= 15 is 0 Å². The van der Waals surface area contributed by atoms with Crippen LogP contribution in [0.4, 0.5) is 0 Å². The zero-order valence-electron chi connectivity index (χ0n) is 21.3. The van der Waals surface area contributed by atoms with Gasteiger partial charge in [-0.3, -0.25) is 14.7 Å². The Labute approximate surface area is 220 Å². The summed E-state index contributed by atoms with van der Waals surface area (Å²) in [6.45, 7) is 2.31. The van der Waals surface area contributed by atoms with Crippen LogP contribution in [0.25, 0.3) is 0 Å². The van der Waals surface area contributed by atoms with E-state index in [0.29, 0.717) is 43.4 Å². The quantitative estimate of drug-likeness (QED) is 0.311. The molecule has 0 saturated heterocycles. The van der Waals surface area contributed by atoms with Gasteiger partial charge in [-0.2, -0.15) is 0 Å². The second-order valence-electron chi connectivity index (χ2n) is 8.83. The van der Waals surface area contributed by atoms with Crippen LogP contribution in [0.5, 0.6) is 23.0 Å². The maximum atomic E-state index is 12.6. The van der Waals surface area contributed by atoms with Gasteiger partial charge in [-0.15, -0.1) is 0 Å². The first-order valence-corrected chi connectivity index (χ1v) is 12.2. The highest BCUT2D eigenvalue weighted by atomic mass is 16.7. The number of rotatable bonds is 11. The number of methoxy groups -OCH3 is 2. The van der Waals surface area contributed by atoms with Crippen molar-refractivity contribution in [3.05, 3.63) is 101 Å². The molecule has 196 valence electrons. The lowest BCUT2D eigenvalue weighted by Crippen LogP contribution is -2.23. The summed E-state index contributed by atoms with van der Waals surface area (Å²) in [4.78, 5) is 18.9. The van der Waals surface area contributed by atoms with Crippen molar-refractivity contribution in [1.29, 1.82) is 0 Å². The van der Waals surface area contributed by atoms with Crippen molar-refractivity contribution in [1.82, 2.24) is 15.2 Å². The summed E-state index contributed by atoms with van der Waals surface area (Å²) in [6.07, 6.45) is 3.41. The van der Waals surface area contributed by atoms with Gasteiger partial charge in [-0.25, -0.2) is 0 Å². The van der Waals surface area contributed by atoms with E-state index < -0.39 is 0 Å². The zero-order chi connectivity index (χ0) is 26.3. The van der Waals surface area contributed by atoms with Gasteiger partial charge in [0.25, 0.3) is 5.91 Å². The first-order chi connectivity index (χ1) is 18.6. The van der Waals surface area contributed by atoms with Crippen molar-refractivity contribution >= 4 is 5.91 Å². The number of carbonyl (C=O) groups is 1. The van der Waals surface area contributed by atoms with Crippen molar-refractivity contribution in [2.24, 2.45) is 0 Å². The second-order valence-corrected chi connectivity index (χ2v) is 8.83. The van der Waals surface area contributed by atoms with Crippen LogP contribution in [0.15, 0.2) is 77.5 Å². The molecule has 0 radical (unpaired) electrons. The van der Waals surface area contributed by atoms with Crippen LogP contribution in [0.1, 0.15) is 33.0 Å². The van der Waals surface area contributed by atoms with E-state index in [1.54, 1.807) is 32.7 Å². The molecule has 1 aliphatic rings. The molecule has 0 aliphatic carbocycles. The lowest BCUT2D eigenvalue weighted by molar-refractivity contribution is 0.0918. The van der Waals surface area contributed by atoms with Gasteiger partial charge in [-0.05, 0) is 59.2 Å². The van der Waals surface area contributed by atoms with Crippen LogP contribution in [-0.2, 0) is 26.2 Å². The molecule has 0 spiro atoms. The van der Waals surface area contributed by atoms with Gasteiger partial charge in [0, 0.05) is 32.0 Å². The predicted molar refractivity (Wildman–Crippen MR) is 139 cm³/mol. The van der Waals surface area contributed by atoms with Gasteiger partial charge in [0.15, 0.2) is 28.8 Å². The third-order valence-electron chi connectivity index (χ3n) is 6.14. The number of pyridine rings is 1. The summed E-state index contributed by atoms with van der Waals surface area (Å²) in [5, 5.41) is 2.87. The number of hydrogen-bond donors (Lipinski definition) is 1. The summed E-state index contributed by atoms with van der Waals surface area (Å²) in [7, 11) is 3.24. The average molecular weight is 516 g/mol. The Morgan fingerprint density at radius 2 is 1.68 bits per heavy atom. The average Bonchev–Trinajstić information content (AvgIpc) is 3.61. The molecule has 0 atom stereocenters. The van der Waals surface area contributed by atoms with Crippen molar-refractivity contribution in [3.8, 4) is 23.0 Å². The van der Waals surface area contributed by atoms with Crippen molar-refractivity contribution in [2.45, 2.75) is 26.2 Å². The number of furan rings is 1. The van der Waals surface area contributed by atoms with E-state index in [9.17, 15) is 4.79 Å². The molecule has 0 bridgehead atoms. The second kappa shape index (κ2) is 11.7. The summed E-state index contributed by atoms with van der Waals surface area (Å²) in [5.74, 6) is 3.48. The molecule has 1 N–H and O–H groups in total. The Morgan fingerprint density at radius 3 is 2.47 bits per heavy atom. The Hall–Kier alpha value is -4.50. The molecule has 2 aromatic heterocycles. The molecule has 0 fully saturated rings. The number of ether oxygens (including phenoxy) is 4. The number of fused-ring (bicyclic) bond motifs is 1.